The number of anilines is 1. The van der Waals surface area contributed by atoms with E-state index in [2.05, 4.69) is 0 Å². The van der Waals surface area contributed by atoms with Gasteiger partial charge in [-0.2, -0.15) is 5.26 Å². The summed E-state index contributed by atoms with van der Waals surface area (Å²) in [5.41, 5.74) is 0.200. The zero-order valence-electron chi connectivity index (χ0n) is 9.49. The number of benzene rings is 1. The first kappa shape index (κ1) is 14.1. The molecule has 0 aromatic heterocycles. The Balaban J connectivity index is 2.43. The topological polar surface area (TPSA) is 61.2 Å². The maximum atomic E-state index is 12.1. The summed E-state index contributed by atoms with van der Waals surface area (Å²) < 4.78 is 0. The number of amides is 2. The van der Waals surface area contributed by atoms with Crippen LogP contribution in [0.2, 0.25) is 15.1 Å². The van der Waals surface area contributed by atoms with E-state index in [0.717, 1.165) is 4.90 Å². The summed E-state index contributed by atoms with van der Waals surface area (Å²) in [4.78, 5) is 24.9. The molecule has 1 atom stereocenters. The average molecular weight is 318 g/mol. The number of nitrogens with zero attached hydrogens (tertiary/aromatic N) is 2. The van der Waals surface area contributed by atoms with Gasteiger partial charge in [0.2, 0.25) is 11.8 Å². The van der Waals surface area contributed by atoms with E-state index in [4.69, 9.17) is 40.1 Å². The summed E-state index contributed by atoms with van der Waals surface area (Å²) in [6.45, 7) is 0. The molecule has 1 unspecified atom stereocenters. The number of hydrogen-bond acceptors (Lipinski definition) is 3. The minimum Gasteiger partial charge on any atom is -0.274 e. The molecule has 1 heterocycles. The highest BCUT2D eigenvalue weighted by molar-refractivity contribution is 6.44. The van der Waals surface area contributed by atoms with Crippen LogP contribution in [-0.2, 0) is 9.59 Å². The molecule has 1 aromatic rings. The van der Waals surface area contributed by atoms with Crippen LogP contribution in [0.1, 0.15) is 12.8 Å². The molecule has 1 aliphatic rings. The highest BCUT2D eigenvalue weighted by atomic mass is 35.5. The number of halogens is 3. The lowest BCUT2D eigenvalue weighted by molar-refractivity contribution is -0.122. The predicted octanol–water partition coefficient (Wildman–Crippen LogP) is 3.44. The van der Waals surface area contributed by atoms with Crippen molar-refractivity contribution in [3.05, 3.63) is 27.2 Å². The van der Waals surface area contributed by atoms with Gasteiger partial charge in [0.15, 0.2) is 0 Å². The summed E-state index contributed by atoms with van der Waals surface area (Å²) in [7, 11) is 0. The zero-order valence-corrected chi connectivity index (χ0v) is 11.8. The van der Waals surface area contributed by atoms with Gasteiger partial charge in [0.25, 0.3) is 0 Å². The van der Waals surface area contributed by atoms with Gasteiger partial charge < -0.3 is 0 Å². The van der Waals surface area contributed by atoms with Gasteiger partial charge in [-0.05, 0) is 12.1 Å². The van der Waals surface area contributed by atoms with E-state index in [0.29, 0.717) is 0 Å². The third-order valence-electron chi connectivity index (χ3n) is 2.81. The number of nitriles is 1. The van der Waals surface area contributed by atoms with Gasteiger partial charge in [-0.25, -0.2) is 4.90 Å². The highest BCUT2D eigenvalue weighted by Gasteiger charge is 2.40. The maximum Gasteiger partial charge on any atom is 0.238 e. The predicted molar refractivity (Wildman–Crippen MR) is 72.3 cm³/mol. The molecule has 7 heteroatoms. The van der Waals surface area contributed by atoms with Crippen molar-refractivity contribution in [2.24, 2.45) is 5.92 Å². The van der Waals surface area contributed by atoms with Crippen molar-refractivity contribution >= 4 is 52.3 Å². The zero-order chi connectivity index (χ0) is 14.2. The Kier molecular flexibility index (Phi) is 4.00. The largest absolute Gasteiger partial charge is 0.274 e. The van der Waals surface area contributed by atoms with Crippen molar-refractivity contribution in [1.82, 2.24) is 0 Å². The molecule has 0 radical (unpaired) electrons. The van der Waals surface area contributed by atoms with Crippen LogP contribution in [0.15, 0.2) is 12.1 Å². The Labute approximate surface area is 124 Å². The van der Waals surface area contributed by atoms with E-state index in [9.17, 15) is 9.59 Å². The molecule has 1 fully saturated rings. The Morgan fingerprint density at radius 2 is 1.84 bits per heavy atom. The van der Waals surface area contributed by atoms with E-state index >= 15 is 0 Å². The number of rotatable bonds is 2. The van der Waals surface area contributed by atoms with E-state index < -0.39 is 17.7 Å². The highest BCUT2D eigenvalue weighted by Crippen LogP contribution is 2.38. The Hall–Kier alpha value is -1.28. The summed E-state index contributed by atoms with van der Waals surface area (Å²) in [5.74, 6) is -1.46. The molecular formula is C12H7Cl3N2O2. The van der Waals surface area contributed by atoms with Crippen molar-refractivity contribution in [2.45, 2.75) is 12.8 Å². The second kappa shape index (κ2) is 5.38. The first-order valence-corrected chi connectivity index (χ1v) is 6.47. The van der Waals surface area contributed by atoms with Crippen LogP contribution in [0.5, 0.6) is 0 Å². The number of carbonyl (C=O) groups is 2. The minimum atomic E-state index is -0.622. The van der Waals surface area contributed by atoms with Crippen LogP contribution in [0.3, 0.4) is 0 Å². The molecule has 1 aromatic carbocycles. The summed E-state index contributed by atoms with van der Waals surface area (Å²) >= 11 is 17.6. The molecule has 0 bridgehead atoms. The van der Waals surface area contributed by atoms with Gasteiger partial charge in [0, 0.05) is 12.8 Å². The van der Waals surface area contributed by atoms with Crippen LogP contribution in [-0.4, -0.2) is 11.8 Å². The summed E-state index contributed by atoms with van der Waals surface area (Å²) in [5, 5.41) is 9.23. The lowest BCUT2D eigenvalue weighted by Gasteiger charge is -2.17. The third-order valence-corrected chi connectivity index (χ3v) is 3.83. The minimum absolute atomic E-state index is 0.0000142. The quantitative estimate of drug-likeness (QED) is 0.620. The SMILES string of the molecule is N#CCC1CC(=O)N(c2cc(Cl)c(Cl)cc2Cl)C1=O. The van der Waals surface area contributed by atoms with Gasteiger partial charge in [0.05, 0.1) is 32.7 Å². The molecule has 0 N–H and O–H groups in total. The molecule has 4 nitrogen and oxygen atoms in total. The third kappa shape index (κ3) is 2.55. The molecule has 19 heavy (non-hydrogen) atoms. The molecule has 2 rings (SSSR count). The van der Waals surface area contributed by atoms with Crippen LogP contribution in [0.25, 0.3) is 0 Å². The number of carbonyl (C=O) groups excluding carboxylic acids is 2. The van der Waals surface area contributed by atoms with Crippen molar-refractivity contribution < 1.29 is 9.59 Å². The van der Waals surface area contributed by atoms with Gasteiger partial charge in [-0.3, -0.25) is 9.59 Å². The maximum absolute atomic E-state index is 12.1. The smallest absolute Gasteiger partial charge is 0.238 e. The van der Waals surface area contributed by atoms with Gasteiger partial charge in [-0.15, -0.1) is 0 Å². The Morgan fingerprint density at radius 1 is 1.21 bits per heavy atom. The fourth-order valence-electron chi connectivity index (χ4n) is 1.90. The van der Waals surface area contributed by atoms with Crippen LogP contribution >= 0.6 is 34.8 Å². The molecule has 0 spiro atoms. The number of imide groups is 1. The lowest BCUT2D eigenvalue weighted by atomic mass is 10.1. The van der Waals surface area contributed by atoms with E-state index in [-0.39, 0.29) is 33.6 Å². The number of hydrogen-bond donors (Lipinski definition) is 0. The van der Waals surface area contributed by atoms with E-state index in [1.807, 2.05) is 6.07 Å². The molecule has 1 aliphatic heterocycles. The molecule has 0 aliphatic carbocycles. The monoisotopic (exact) mass is 316 g/mol. The van der Waals surface area contributed by atoms with Gasteiger partial charge in [0.1, 0.15) is 0 Å². The van der Waals surface area contributed by atoms with E-state index in [1.54, 1.807) is 0 Å². The first-order chi connectivity index (χ1) is 8.95. The molecule has 2 amide bonds. The lowest BCUT2D eigenvalue weighted by Crippen LogP contribution is -2.30. The van der Waals surface area contributed by atoms with Crippen molar-refractivity contribution in [3.63, 3.8) is 0 Å². The van der Waals surface area contributed by atoms with Gasteiger partial charge >= 0.3 is 0 Å². The van der Waals surface area contributed by atoms with Crippen molar-refractivity contribution in [2.75, 3.05) is 4.90 Å². The first-order valence-electron chi connectivity index (χ1n) is 5.34. The Bertz CT molecular complexity index is 610. The fraction of sp³-hybridized carbons (Fsp3) is 0.250. The molecule has 1 saturated heterocycles. The van der Waals surface area contributed by atoms with Crippen LogP contribution in [0.4, 0.5) is 5.69 Å². The van der Waals surface area contributed by atoms with E-state index in [1.165, 1.54) is 12.1 Å². The fourth-order valence-corrected chi connectivity index (χ4v) is 2.53. The van der Waals surface area contributed by atoms with Crippen LogP contribution < -0.4 is 4.90 Å². The van der Waals surface area contributed by atoms with Gasteiger partial charge in [-0.1, -0.05) is 34.8 Å². The normalized spacial score (nSPS) is 18.8. The molecule has 98 valence electrons. The standard InChI is InChI=1S/C12H7Cl3N2O2/c13-7-4-9(15)10(5-8(7)14)17-11(18)3-6(1-2-16)12(17)19/h4-6H,1,3H2. The summed E-state index contributed by atoms with van der Waals surface area (Å²) in [6, 6.07) is 4.63. The summed E-state index contributed by atoms with van der Waals surface area (Å²) in [6.07, 6.45) is 0.00296. The van der Waals surface area contributed by atoms with Crippen molar-refractivity contribution in [3.8, 4) is 6.07 Å². The Morgan fingerprint density at radius 3 is 2.47 bits per heavy atom. The second-order valence-corrected chi connectivity index (χ2v) is 5.27. The second-order valence-electron chi connectivity index (χ2n) is 4.05. The average Bonchev–Trinajstić information content (AvgIpc) is 2.61. The molecule has 0 saturated carbocycles. The van der Waals surface area contributed by atoms with Crippen molar-refractivity contribution in [1.29, 1.82) is 5.26 Å². The van der Waals surface area contributed by atoms with Crippen LogP contribution in [0, 0.1) is 17.2 Å². The molecular weight excluding hydrogens is 311 g/mol.